The molecule has 1 saturated heterocycles. The Hall–Kier alpha value is -4.32. The van der Waals surface area contributed by atoms with Crippen LogP contribution in [0.5, 0.6) is 0 Å². The number of piperidine rings is 1. The Morgan fingerprint density at radius 2 is 1.73 bits per heavy atom. The van der Waals surface area contributed by atoms with Gasteiger partial charge in [0.2, 0.25) is 10.0 Å². The Kier molecular flexibility index (Phi) is 7.52. The Bertz CT molecular complexity index is 1730. The first-order valence-electron chi connectivity index (χ1n) is 13.3. The number of halogens is 1. The highest BCUT2D eigenvalue weighted by molar-refractivity contribution is 7.90. The van der Waals surface area contributed by atoms with E-state index in [2.05, 4.69) is 15.4 Å². The number of hydrogen-bond donors (Lipinski definition) is 2. The molecule has 214 valence electrons. The second-order valence-corrected chi connectivity index (χ2v) is 12.2. The minimum absolute atomic E-state index is 0.0620. The lowest BCUT2D eigenvalue weighted by Gasteiger charge is -2.37. The van der Waals surface area contributed by atoms with Crippen molar-refractivity contribution in [2.24, 2.45) is 0 Å². The van der Waals surface area contributed by atoms with E-state index >= 15 is 4.39 Å². The van der Waals surface area contributed by atoms with Crippen LogP contribution in [-0.2, 0) is 15.7 Å². The molecule has 12 heteroatoms. The van der Waals surface area contributed by atoms with Crippen molar-refractivity contribution in [3.05, 3.63) is 88.7 Å². The number of carbonyl (C=O) groups excluding carboxylic acids is 2. The molecular weight excluding hydrogens is 547 g/mol. The summed E-state index contributed by atoms with van der Waals surface area (Å²) in [5.74, 6) is -1.25. The third-order valence-electron chi connectivity index (χ3n) is 7.41. The highest BCUT2D eigenvalue weighted by Gasteiger charge is 2.38. The number of hydrogen-bond acceptors (Lipinski definition) is 7. The zero-order valence-corrected chi connectivity index (χ0v) is 23.8. The minimum Gasteiger partial charge on any atom is -0.339 e. The molecule has 0 radical (unpaired) electrons. The Morgan fingerprint density at radius 3 is 2.41 bits per heavy atom. The quantitative estimate of drug-likeness (QED) is 0.335. The van der Waals surface area contributed by atoms with Crippen LogP contribution in [0.2, 0.25) is 0 Å². The molecule has 0 spiro atoms. The van der Waals surface area contributed by atoms with Crippen LogP contribution in [0, 0.1) is 13.8 Å². The van der Waals surface area contributed by atoms with Crippen LogP contribution in [0.4, 0.5) is 15.9 Å². The lowest BCUT2D eigenvalue weighted by Crippen LogP contribution is -2.43. The molecule has 0 atom stereocenters. The van der Waals surface area contributed by atoms with E-state index in [1.807, 2.05) is 42.8 Å². The summed E-state index contributed by atoms with van der Waals surface area (Å²) in [4.78, 5) is 32.6. The van der Waals surface area contributed by atoms with E-state index in [0.717, 1.165) is 11.1 Å². The molecule has 1 aliphatic heterocycles. The van der Waals surface area contributed by atoms with E-state index in [0.29, 0.717) is 11.3 Å². The van der Waals surface area contributed by atoms with Crippen molar-refractivity contribution in [1.29, 1.82) is 0 Å². The Morgan fingerprint density at radius 1 is 1.02 bits per heavy atom. The molecule has 2 amide bonds. The van der Waals surface area contributed by atoms with Gasteiger partial charge in [0, 0.05) is 37.8 Å². The number of benzene rings is 2. The smallest absolute Gasteiger partial charge is 0.270 e. The number of alkyl halides is 1. The summed E-state index contributed by atoms with van der Waals surface area (Å²) >= 11 is 0. The lowest BCUT2D eigenvalue weighted by molar-refractivity contribution is 0.0421. The second-order valence-electron chi connectivity index (χ2n) is 10.2. The zero-order valence-electron chi connectivity index (χ0n) is 23.0. The zero-order chi connectivity index (χ0) is 29.4. The van der Waals surface area contributed by atoms with E-state index in [1.165, 1.54) is 23.8 Å². The van der Waals surface area contributed by atoms with Crippen LogP contribution < -0.4 is 10.0 Å². The molecule has 5 rings (SSSR count). The van der Waals surface area contributed by atoms with Gasteiger partial charge in [0.05, 0.1) is 11.9 Å². The maximum atomic E-state index is 15.8. The molecule has 2 N–H and O–H groups in total. The van der Waals surface area contributed by atoms with Gasteiger partial charge in [-0.15, -0.1) is 0 Å². The summed E-state index contributed by atoms with van der Waals surface area (Å²) in [5, 5.41) is 7.59. The monoisotopic (exact) mass is 578 g/mol. The van der Waals surface area contributed by atoms with Gasteiger partial charge in [-0.25, -0.2) is 22.5 Å². The number of carbonyl (C=O) groups is 2. The largest absolute Gasteiger partial charge is 0.339 e. The van der Waals surface area contributed by atoms with Crippen molar-refractivity contribution in [2.45, 2.75) is 39.3 Å². The number of fused-ring (bicyclic) bond motifs is 1. The summed E-state index contributed by atoms with van der Waals surface area (Å²) in [6.07, 6.45) is 2.85. The summed E-state index contributed by atoms with van der Waals surface area (Å²) in [6, 6.07) is 14.8. The van der Waals surface area contributed by atoms with Crippen molar-refractivity contribution in [1.82, 2.24) is 24.2 Å². The van der Waals surface area contributed by atoms with Crippen molar-refractivity contribution in [3.8, 4) is 0 Å². The van der Waals surface area contributed by atoms with Crippen LogP contribution in [0.25, 0.3) is 5.65 Å². The molecule has 0 aliphatic carbocycles. The first kappa shape index (κ1) is 28.2. The van der Waals surface area contributed by atoms with Gasteiger partial charge in [-0.3, -0.25) is 9.59 Å². The standard InChI is InChI=1S/C29H31FN6O4S/c1-4-41(39,40)34-27(37)22-18-32-36-25(22)31-17-23(26(36)33-24-16-19(2)10-11-20(24)3)28(38)35-14-12-29(30,13-15-35)21-8-6-5-7-9-21/h5-11,16-18,33H,4,12-15H2,1-3H3,(H,34,37). The number of nitrogens with one attached hydrogen (secondary N) is 2. The molecule has 41 heavy (non-hydrogen) atoms. The van der Waals surface area contributed by atoms with E-state index in [4.69, 9.17) is 0 Å². The van der Waals surface area contributed by atoms with Crippen LogP contribution in [-0.4, -0.2) is 58.6 Å². The number of nitrogens with zero attached hydrogens (tertiary/aromatic N) is 4. The number of sulfonamides is 1. The molecule has 2 aromatic heterocycles. The first-order valence-corrected chi connectivity index (χ1v) is 15.0. The third kappa shape index (κ3) is 5.64. The predicted octanol–water partition coefficient (Wildman–Crippen LogP) is 4.27. The molecule has 1 fully saturated rings. The van der Waals surface area contributed by atoms with E-state index < -0.39 is 21.6 Å². The molecule has 10 nitrogen and oxygen atoms in total. The van der Waals surface area contributed by atoms with Gasteiger partial charge in [-0.1, -0.05) is 42.5 Å². The number of anilines is 2. The van der Waals surface area contributed by atoms with Gasteiger partial charge in [0.15, 0.2) is 5.65 Å². The van der Waals surface area contributed by atoms with E-state index in [1.54, 1.807) is 29.2 Å². The second kappa shape index (κ2) is 10.9. The van der Waals surface area contributed by atoms with Crippen molar-refractivity contribution in [2.75, 3.05) is 24.2 Å². The van der Waals surface area contributed by atoms with Crippen LogP contribution in [0.15, 0.2) is 60.9 Å². The summed E-state index contributed by atoms with van der Waals surface area (Å²) in [5.41, 5.74) is 1.87. The number of rotatable bonds is 7. The fourth-order valence-electron chi connectivity index (χ4n) is 4.89. The average Bonchev–Trinajstić information content (AvgIpc) is 3.40. The van der Waals surface area contributed by atoms with Crippen molar-refractivity contribution >= 4 is 39.0 Å². The van der Waals surface area contributed by atoms with Gasteiger partial charge >= 0.3 is 0 Å². The Balaban J connectivity index is 1.52. The van der Waals surface area contributed by atoms with Gasteiger partial charge in [0.1, 0.15) is 22.6 Å². The van der Waals surface area contributed by atoms with Gasteiger partial charge < -0.3 is 10.2 Å². The minimum atomic E-state index is -3.82. The normalized spacial score (nSPS) is 15.1. The number of aromatic nitrogens is 3. The maximum Gasteiger partial charge on any atom is 0.270 e. The predicted molar refractivity (Wildman–Crippen MR) is 153 cm³/mol. The third-order valence-corrected chi connectivity index (χ3v) is 8.67. The van der Waals surface area contributed by atoms with Crippen LogP contribution >= 0.6 is 0 Å². The molecule has 0 unspecified atom stereocenters. The lowest BCUT2D eigenvalue weighted by atomic mass is 9.86. The maximum absolute atomic E-state index is 15.8. The van der Waals surface area contributed by atoms with Crippen LogP contribution in [0.1, 0.15) is 57.2 Å². The number of amides is 2. The fraction of sp³-hybridized carbons (Fsp3) is 0.310. The van der Waals surface area contributed by atoms with E-state index in [9.17, 15) is 18.0 Å². The topological polar surface area (TPSA) is 126 Å². The number of likely N-dealkylation sites (tertiary alicyclic amines) is 1. The summed E-state index contributed by atoms with van der Waals surface area (Å²) in [7, 11) is -3.82. The van der Waals surface area contributed by atoms with Gasteiger partial charge in [-0.05, 0) is 43.5 Å². The molecule has 0 bridgehead atoms. The molecule has 0 saturated carbocycles. The first-order chi connectivity index (χ1) is 19.5. The van der Waals surface area contributed by atoms with E-state index in [-0.39, 0.29) is 60.2 Å². The fourth-order valence-corrected chi connectivity index (χ4v) is 5.43. The van der Waals surface area contributed by atoms with Crippen LogP contribution in [0.3, 0.4) is 0 Å². The molecule has 3 heterocycles. The SMILES string of the molecule is CCS(=O)(=O)NC(=O)c1cnn2c(Nc3cc(C)ccc3C)c(C(=O)N3CCC(F)(c4ccccc4)CC3)cnc12. The highest BCUT2D eigenvalue weighted by Crippen LogP contribution is 2.37. The van der Waals surface area contributed by atoms with Crippen molar-refractivity contribution in [3.63, 3.8) is 0 Å². The molecule has 4 aromatic rings. The Labute approximate surface area is 237 Å². The van der Waals surface area contributed by atoms with Gasteiger partial charge in [-0.2, -0.15) is 9.61 Å². The van der Waals surface area contributed by atoms with Gasteiger partial charge in [0.25, 0.3) is 11.8 Å². The molecular formula is C29H31FN6O4S. The average molecular weight is 579 g/mol. The summed E-state index contributed by atoms with van der Waals surface area (Å²) in [6.45, 7) is 5.67. The van der Waals surface area contributed by atoms with Crippen molar-refractivity contribution < 1.29 is 22.4 Å². The number of aryl methyl sites for hydroxylation is 2. The summed E-state index contributed by atoms with van der Waals surface area (Å²) < 4.78 is 43.1. The highest BCUT2D eigenvalue weighted by atomic mass is 32.2. The molecule has 2 aromatic carbocycles. The molecule has 1 aliphatic rings.